The Morgan fingerprint density at radius 2 is 1.67 bits per heavy atom. The van der Waals surface area contributed by atoms with Gasteiger partial charge in [-0.15, -0.1) is 0 Å². The highest BCUT2D eigenvalue weighted by Gasteiger charge is 2.22. The van der Waals surface area contributed by atoms with Crippen molar-refractivity contribution in [1.82, 2.24) is 9.21 Å². The van der Waals surface area contributed by atoms with E-state index < -0.39 is 17.9 Å². The zero-order valence-electron chi connectivity index (χ0n) is 20.2. The predicted molar refractivity (Wildman–Crippen MR) is 139 cm³/mol. The quantitative estimate of drug-likeness (QED) is 0.298. The van der Waals surface area contributed by atoms with Crippen LogP contribution in [-0.4, -0.2) is 50.7 Å². The summed E-state index contributed by atoms with van der Waals surface area (Å²) in [6.45, 7) is 0. The number of methoxy groups -OCH3 is 4. The number of nitrogens with two attached hydrogens (primary N) is 1. The van der Waals surface area contributed by atoms with E-state index in [4.69, 9.17) is 36.5 Å². The molecule has 3 rings (SSSR count). The monoisotopic (exact) mass is 534 g/mol. The van der Waals surface area contributed by atoms with Crippen molar-refractivity contribution in [2.45, 2.75) is 18.9 Å². The number of carbonyl (C=O) groups is 2. The number of benzene rings is 2. The smallest absolute Gasteiger partial charge is 0.242 e. The Kier molecular flexibility index (Phi) is 9.34. The van der Waals surface area contributed by atoms with Gasteiger partial charge in [0.2, 0.25) is 17.6 Å². The van der Waals surface area contributed by atoms with Crippen LogP contribution >= 0.6 is 23.3 Å². The van der Waals surface area contributed by atoms with Crippen molar-refractivity contribution in [3.63, 3.8) is 0 Å². The molecule has 2 amide bonds. The minimum absolute atomic E-state index is 0.00764. The Labute approximate surface area is 217 Å². The van der Waals surface area contributed by atoms with E-state index in [-0.39, 0.29) is 12.8 Å². The van der Waals surface area contributed by atoms with Crippen LogP contribution in [0.4, 0.5) is 5.69 Å². The Morgan fingerprint density at radius 3 is 2.22 bits per heavy atom. The number of ether oxygens (including phenoxy) is 4. The van der Waals surface area contributed by atoms with Gasteiger partial charge in [-0.05, 0) is 59.6 Å². The van der Waals surface area contributed by atoms with E-state index >= 15 is 0 Å². The van der Waals surface area contributed by atoms with Gasteiger partial charge >= 0.3 is 0 Å². The van der Waals surface area contributed by atoms with E-state index in [0.29, 0.717) is 34.4 Å². The van der Waals surface area contributed by atoms with E-state index in [2.05, 4.69) is 14.5 Å². The standard InChI is InChI=1S/C24H27ClN4O6S/c1-32-18-7-5-13(9-17(18)27-24(31)16(28-25)6-8-21(26)30)15-12-36-29-22(15)14-10-19(33-2)23(35-4)20(11-14)34-3/h5,7,9-12,16,28H,6,8H2,1-4H3,(H2,26,30)(H,27,31)/t16-/m1/s1. The third-order valence-electron chi connectivity index (χ3n) is 5.40. The number of hydrogen-bond donors (Lipinski definition) is 3. The molecule has 4 N–H and O–H groups in total. The van der Waals surface area contributed by atoms with Crippen molar-refractivity contribution in [1.29, 1.82) is 0 Å². The molecule has 10 nitrogen and oxygen atoms in total. The highest BCUT2D eigenvalue weighted by atomic mass is 35.5. The number of aromatic nitrogens is 1. The topological polar surface area (TPSA) is 134 Å². The van der Waals surface area contributed by atoms with Crippen molar-refractivity contribution in [2.24, 2.45) is 5.73 Å². The zero-order chi connectivity index (χ0) is 26.2. The molecule has 0 aliphatic carbocycles. The SMILES string of the molecule is COc1ccc(-c2csnc2-c2cc(OC)c(OC)c(OC)c2)cc1NC(=O)[C@@H](CCC(N)=O)NCl. The second-order valence-electron chi connectivity index (χ2n) is 7.56. The largest absolute Gasteiger partial charge is 0.495 e. The first-order valence-electron chi connectivity index (χ1n) is 10.7. The van der Waals surface area contributed by atoms with E-state index in [1.807, 2.05) is 23.6 Å². The van der Waals surface area contributed by atoms with Crippen molar-refractivity contribution in [3.8, 4) is 45.4 Å². The molecule has 0 aliphatic heterocycles. The number of hydrogen-bond acceptors (Lipinski definition) is 9. The third kappa shape index (κ3) is 5.99. The van der Waals surface area contributed by atoms with Crippen LogP contribution in [-0.2, 0) is 9.59 Å². The minimum atomic E-state index is -0.829. The molecule has 0 fully saturated rings. The molecule has 1 atom stereocenters. The molecule has 0 bridgehead atoms. The van der Waals surface area contributed by atoms with E-state index in [9.17, 15) is 9.59 Å². The first-order chi connectivity index (χ1) is 17.4. The van der Waals surface area contributed by atoms with Gasteiger partial charge in [-0.1, -0.05) is 6.07 Å². The molecule has 0 unspecified atom stereocenters. The molecule has 0 saturated heterocycles. The predicted octanol–water partition coefficient (Wildman–Crippen LogP) is 3.83. The molecule has 0 spiro atoms. The fourth-order valence-corrected chi connectivity index (χ4v) is 4.51. The minimum Gasteiger partial charge on any atom is -0.495 e. The maximum Gasteiger partial charge on any atom is 0.242 e. The van der Waals surface area contributed by atoms with Gasteiger partial charge in [-0.2, -0.15) is 4.37 Å². The molecule has 0 radical (unpaired) electrons. The van der Waals surface area contributed by atoms with Crippen LogP contribution in [0.2, 0.25) is 0 Å². The molecular formula is C24H27ClN4O6S. The number of nitrogens with zero attached hydrogens (tertiary/aromatic N) is 1. The van der Waals surface area contributed by atoms with E-state index in [1.54, 1.807) is 33.5 Å². The van der Waals surface area contributed by atoms with Gasteiger partial charge in [0.25, 0.3) is 0 Å². The zero-order valence-corrected chi connectivity index (χ0v) is 21.8. The molecule has 12 heteroatoms. The molecule has 1 aromatic heterocycles. The molecule has 192 valence electrons. The molecule has 0 saturated carbocycles. The van der Waals surface area contributed by atoms with Crippen LogP contribution in [0.5, 0.6) is 23.0 Å². The lowest BCUT2D eigenvalue weighted by molar-refractivity contribution is -0.119. The Bertz CT molecular complexity index is 1210. The summed E-state index contributed by atoms with van der Waals surface area (Å²) in [5, 5.41) is 4.72. The average Bonchev–Trinajstić information content (AvgIpc) is 3.38. The van der Waals surface area contributed by atoms with Crippen LogP contribution in [0.1, 0.15) is 12.8 Å². The second kappa shape index (κ2) is 12.4. The van der Waals surface area contributed by atoms with Crippen molar-refractivity contribution in [2.75, 3.05) is 33.8 Å². The lowest BCUT2D eigenvalue weighted by atomic mass is 10.0. The van der Waals surface area contributed by atoms with E-state index in [1.165, 1.54) is 18.6 Å². The van der Waals surface area contributed by atoms with E-state index in [0.717, 1.165) is 16.7 Å². The summed E-state index contributed by atoms with van der Waals surface area (Å²) in [7, 11) is 6.14. The lowest BCUT2D eigenvalue weighted by Gasteiger charge is -2.17. The van der Waals surface area contributed by atoms with Crippen LogP contribution in [0, 0.1) is 0 Å². The highest BCUT2D eigenvalue weighted by molar-refractivity contribution is 7.04. The van der Waals surface area contributed by atoms with Crippen LogP contribution < -0.4 is 34.8 Å². The third-order valence-corrected chi connectivity index (χ3v) is 6.30. The first kappa shape index (κ1) is 27.1. The fourth-order valence-electron chi connectivity index (χ4n) is 3.58. The maximum atomic E-state index is 12.8. The number of anilines is 1. The number of carbonyl (C=O) groups excluding carboxylic acids is 2. The summed E-state index contributed by atoms with van der Waals surface area (Å²) >= 11 is 7.01. The van der Waals surface area contributed by atoms with Gasteiger partial charge < -0.3 is 30.0 Å². The Morgan fingerprint density at radius 1 is 1.00 bits per heavy atom. The Hall–Kier alpha value is -3.54. The van der Waals surface area contributed by atoms with Gasteiger partial charge in [-0.3, -0.25) is 9.59 Å². The normalized spacial score (nSPS) is 11.5. The number of rotatable bonds is 12. The molecule has 1 heterocycles. The number of amides is 2. The number of primary amides is 1. The fraction of sp³-hybridized carbons (Fsp3) is 0.292. The van der Waals surface area contributed by atoms with Gasteiger partial charge in [0.15, 0.2) is 11.5 Å². The van der Waals surface area contributed by atoms with Gasteiger partial charge in [-0.25, -0.2) is 4.84 Å². The molecular weight excluding hydrogens is 508 g/mol. The first-order valence-corrected chi connectivity index (χ1v) is 12.0. The number of nitrogens with one attached hydrogen (secondary N) is 2. The Balaban J connectivity index is 1.99. The van der Waals surface area contributed by atoms with Crippen molar-refractivity contribution in [3.05, 3.63) is 35.7 Å². The van der Waals surface area contributed by atoms with Crippen molar-refractivity contribution < 1.29 is 28.5 Å². The molecule has 0 aliphatic rings. The molecule has 2 aromatic carbocycles. The maximum absolute atomic E-state index is 12.8. The second-order valence-corrected chi connectivity index (χ2v) is 8.41. The summed E-state index contributed by atoms with van der Waals surface area (Å²) in [6.07, 6.45) is 0.153. The average molecular weight is 535 g/mol. The molecule has 36 heavy (non-hydrogen) atoms. The summed E-state index contributed by atoms with van der Waals surface area (Å²) in [5.41, 5.74) is 8.70. The van der Waals surface area contributed by atoms with Gasteiger partial charge in [0, 0.05) is 22.9 Å². The van der Waals surface area contributed by atoms with Gasteiger partial charge in [0.05, 0.1) is 39.8 Å². The summed E-state index contributed by atoms with van der Waals surface area (Å²) in [5.74, 6) is 0.980. The number of halogens is 1. The lowest BCUT2D eigenvalue weighted by Crippen LogP contribution is -2.36. The summed E-state index contributed by atoms with van der Waals surface area (Å²) in [4.78, 5) is 26.3. The van der Waals surface area contributed by atoms with Crippen LogP contribution in [0.3, 0.4) is 0 Å². The van der Waals surface area contributed by atoms with Gasteiger partial charge in [0.1, 0.15) is 11.8 Å². The molecule has 3 aromatic rings. The van der Waals surface area contributed by atoms with Crippen LogP contribution in [0.15, 0.2) is 35.7 Å². The highest BCUT2D eigenvalue weighted by Crippen LogP contribution is 2.44. The summed E-state index contributed by atoms with van der Waals surface area (Å²) in [6, 6.07) is 8.20. The summed E-state index contributed by atoms with van der Waals surface area (Å²) < 4.78 is 26.4. The van der Waals surface area contributed by atoms with Crippen molar-refractivity contribution >= 4 is 40.8 Å². The van der Waals surface area contributed by atoms with Crippen LogP contribution in [0.25, 0.3) is 22.4 Å².